The number of carbonyl (C=O) groups excluding carboxylic acids is 1. The van der Waals surface area contributed by atoms with E-state index in [1.165, 1.54) is 0 Å². The first-order valence-electron chi connectivity index (χ1n) is 4.74. The molecule has 70 valence electrons. The van der Waals surface area contributed by atoms with Crippen molar-refractivity contribution in [2.45, 2.75) is 6.92 Å². The van der Waals surface area contributed by atoms with E-state index < -0.39 is 0 Å². The highest BCUT2D eigenvalue weighted by molar-refractivity contribution is 6.00. The summed E-state index contributed by atoms with van der Waals surface area (Å²) in [5, 5.41) is 8.74. The van der Waals surface area contributed by atoms with Gasteiger partial charge in [0.05, 0.1) is 12.0 Å². The van der Waals surface area contributed by atoms with E-state index >= 15 is 0 Å². The van der Waals surface area contributed by atoms with E-state index in [-0.39, 0.29) is 23.5 Å². The Morgan fingerprint density at radius 3 is 2.50 bits per heavy atom. The Kier molecular flexibility index (Phi) is 2.09. The molecule has 0 spiro atoms. The van der Waals surface area contributed by atoms with Crippen molar-refractivity contribution in [3.63, 3.8) is 0 Å². The number of rotatable bonds is 2. The van der Waals surface area contributed by atoms with Crippen molar-refractivity contribution in [2.24, 2.45) is 17.8 Å². The van der Waals surface area contributed by atoms with Crippen LogP contribution in [0.5, 0.6) is 0 Å². The maximum absolute atomic E-state index is 11.8. The molecule has 0 amide bonds. The first kappa shape index (κ1) is 8.96. The summed E-state index contributed by atoms with van der Waals surface area (Å²) in [4.78, 5) is 11.8. The van der Waals surface area contributed by atoms with Gasteiger partial charge in [-0.1, -0.05) is 37.3 Å². The van der Waals surface area contributed by atoms with Crippen LogP contribution < -0.4 is 0 Å². The predicted octanol–water partition coefficient (Wildman–Crippen LogP) is 2.27. The molecule has 0 saturated heterocycles. The van der Waals surface area contributed by atoms with Crippen LogP contribution in [-0.4, -0.2) is 5.78 Å². The van der Waals surface area contributed by atoms with Gasteiger partial charge in [-0.25, -0.2) is 0 Å². The normalized spacial score (nSPS) is 29.3. The van der Waals surface area contributed by atoms with Crippen LogP contribution in [0.2, 0.25) is 0 Å². The van der Waals surface area contributed by atoms with Gasteiger partial charge < -0.3 is 0 Å². The molecule has 1 aliphatic rings. The maximum Gasteiger partial charge on any atom is 0.167 e. The molecule has 0 N–H and O–H groups in total. The maximum atomic E-state index is 11.8. The molecule has 14 heavy (non-hydrogen) atoms. The first-order valence-corrected chi connectivity index (χ1v) is 4.74. The van der Waals surface area contributed by atoms with Gasteiger partial charge in [-0.05, 0) is 5.92 Å². The van der Waals surface area contributed by atoms with E-state index in [0.717, 1.165) is 5.56 Å². The Balaban J connectivity index is 2.17. The highest BCUT2D eigenvalue weighted by atomic mass is 16.1. The zero-order valence-corrected chi connectivity index (χ0v) is 7.97. The fourth-order valence-corrected chi connectivity index (χ4v) is 1.86. The molecule has 0 aliphatic heterocycles. The van der Waals surface area contributed by atoms with Crippen molar-refractivity contribution in [2.75, 3.05) is 0 Å². The lowest BCUT2D eigenvalue weighted by molar-refractivity contribution is 0.0959. The second-order valence-electron chi connectivity index (χ2n) is 3.77. The zero-order chi connectivity index (χ0) is 10.1. The number of hydrogen-bond donors (Lipinski definition) is 0. The third kappa shape index (κ3) is 1.31. The summed E-state index contributed by atoms with van der Waals surface area (Å²) in [7, 11) is 0. The minimum Gasteiger partial charge on any atom is -0.294 e. The second kappa shape index (κ2) is 3.26. The van der Waals surface area contributed by atoms with Gasteiger partial charge in [-0.2, -0.15) is 5.26 Å². The van der Waals surface area contributed by atoms with E-state index in [4.69, 9.17) is 5.26 Å². The lowest BCUT2D eigenvalue weighted by Gasteiger charge is -1.96. The standard InChI is InChI=1S/C12H11NO/c1-8-10(7-13)11(8)12(14)9-5-3-2-4-6-9/h2-6,8,10-11H,1H3/t8-,10+,11+/m0/s1. The van der Waals surface area contributed by atoms with Crippen LogP contribution in [0, 0.1) is 29.1 Å². The molecule has 0 radical (unpaired) electrons. The van der Waals surface area contributed by atoms with Crippen molar-refractivity contribution in [1.29, 1.82) is 5.26 Å². The largest absolute Gasteiger partial charge is 0.294 e. The quantitative estimate of drug-likeness (QED) is 0.663. The van der Waals surface area contributed by atoms with Gasteiger partial charge in [0.2, 0.25) is 0 Å². The number of benzene rings is 1. The molecule has 2 rings (SSSR count). The van der Waals surface area contributed by atoms with Gasteiger partial charge in [-0.15, -0.1) is 0 Å². The lowest BCUT2D eigenvalue weighted by Crippen LogP contribution is -2.03. The Bertz CT molecular complexity index is 391. The summed E-state index contributed by atoms with van der Waals surface area (Å²) in [5.41, 5.74) is 0.724. The summed E-state index contributed by atoms with van der Waals surface area (Å²) in [6.45, 7) is 1.96. The SMILES string of the molecule is C[C@H]1[C@@H](C#N)[C@@H]1C(=O)c1ccccc1. The van der Waals surface area contributed by atoms with Crippen LogP contribution in [-0.2, 0) is 0 Å². The van der Waals surface area contributed by atoms with Crippen LogP contribution in [0.1, 0.15) is 17.3 Å². The smallest absolute Gasteiger partial charge is 0.167 e. The van der Waals surface area contributed by atoms with Crippen LogP contribution >= 0.6 is 0 Å². The Morgan fingerprint density at radius 1 is 1.36 bits per heavy atom. The molecule has 1 saturated carbocycles. The van der Waals surface area contributed by atoms with E-state index in [1.54, 1.807) is 0 Å². The monoisotopic (exact) mass is 185 g/mol. The fraction of sp³-hybridized carbons (Fsp3) is 0.333. The highest BCUT2D eigenvalue weighted by Gasteiger charge is 2.51. The summed E-state index contributed by atoms with van der Waals surface area (Å²) in [6, 6.07) is 11.4. The van der Waals surface area contributed by atoms with Crippen LogP contribution in [0.4, 0.5) is 0 Å². The van der Waals surface area contributed by atoms with E-state index in [0.29, 0.717) is 0 Å². The van der Waals surface area contributed by atoms with Gasteiger partial charge in [0, 0.05) is 11.5 Å². The molecular formula is C12H11NO. The molecule has 0 heterocycles. The summed E-state index contributed by atoms with van der Waals surface area (Å²) < 4.78 is 0. The van der Waals surface area contributed by atoms with Crippen molar-refractivity contribution < 1.29 is 4.79 Å². The topological polar surface area (TPSA) is 40.9 Å². The van der Waals surface area contributed by atoms with E-state index in [9.17, 15) is 4.79 Å². The average Bonchev–Trinajstić information content (AvgIpc) is 2.89. The fourth-order valence-electron chi connectivity index (χ4n) is 1.86. The van der Waals surface area contributed by atoms with Crippen molar-refractivity contribution >= 4 is 5.78 Å². The molecule has 1 fully saturated rings. The number of nitrogens with zero attached hydrogens (tertiary/aromatic N) is 1. The molecule has 1 aromatic carbocycles. The van der Waals surface area contributed by atoms with E-state index in [2.05, 4.69) is 6.07 Å². The average molecular weight is 185 g/mol. The van der Waals surface area contributed by atoms with Crippen LogP contribution in [0.3, 0.4) is 0 Å². The van der Waals surface area contributed by atoms with Gasteiger partial charge in [0.1, 0.15) is 0 Å². The second-order valence-corrected chi connectivity index (χ2v) is 3.77. The molecule has 0 bridgehead atoms. The van der Waals surface area contributed by atoms with Gasteiger partial charge in [0.25, 0.3) is 0 Å². The third-order valence-corrected chi connectivity index (χ3v) is 2.89. The minimum absolute atomic E-state index is 0.0669. The summed E-state index contributed by atoms with van der Waals surface area (Å²) >= 11 is 0. The lowest BCUT2D eigenvalue weighted by atomic mass is 10.1. The molecule has 3 atom stereocenters. The third-order valence-electron chi connectivity index (χ3n) is 2.89. The molecule has 2 nitrogen and oxygen atoms in total. The van der Waals surface area contributed by atoms with Gasteiger partial charge >= 0.3 is 0 Å². The Labute approximate surface area is 83.2 Å². The number of ketones is 1. The molecule has 1 aromatic rings. The van der Waals surface area contributed by atoms with Gasteiger partial charge in [-0.3, -0.25) is 4.79 Å². The molecule has 2 heteroatoms. The van der Waals surface area contributed by atoms with Crippen LogP contribution in [0.25, 0.3) is 0 Å². The molecule has 0 aromatic heterocycles. The minimum atomic E-state index is -0.0672. The zero-order valence-electron chi connectivity index (χ0n) is 7.97. The summed E-state index contributed by atoms with van der Waals surface area (Å²) in [6.07, 6.45) is 0. The number of hydrogen-bond acceptors (Lipinski definition) is 2. The molecule has 0 unspecified atom stereocenters. The van der Waals surface area contributed by atoms with E-state index in [1.807, 2.05) is 37.3 Å². The predicted molar refractivity (Wildman–Crippen MR) is 52.5 cm³/mol. The number of Topliss-reactive ketones (excluding diaryl/α,β-unsaturated/α-hetero) is 1. The van der Waals surface area contributed by atoms with Crippen LogP contribution in [0.15, 0.2) is 30.3 Å². The van der Waals surface area contributed by atoms with Crippen molar-refractivity contribution in [3.05, 3.63) is 35.9 Å². The molecule has 1 aliphatic carbocycles. The summed E-state index contributed by atoms with van der Waals surface area (Å²) in [5.74, 6) is 0.211. The highest BCUT2D eigenvalue weighted by Crippen LogP contribution is 2.47. The van der Waals surface area contributed by atoms with Gasteiger partial charge in [0.15, 0.2) is 5.78 Å². The number of nitriles is 1. The number of carbonyl (C=O) groups is 1. The van der Waals surface area contributed by atoms with Crippen molar-refractivity contribution in [3.8, 4) is 6.07 Å². The Morgan fingerprint density at radius 2 is 2.00 bits per heavy atom. The molecular weight excluding hydrogens is 174 g/mol. The Hall–Kier alpha value is -1.62. The van der Waals surface area contributed by atoms with Crippen molar-refractivity contribution in [1.82, 2.24) is 0 Å². The first-order chi connectivity index (χ1) is 6.75.